The lowest BCUT2D eigenvalue weighted by atomic mass is 10.0. The highest BCUT2D eigenvalue weighted by atomic mass is 31.2. The second-order valence-electron chi connectivity index (χ2n) is 24.9. The van der Waals surface area contributed by atoms with Gasteiger partial charge in [0.25, 0.3) is 7.82 Å². The van der Waals surface area contributed by atoms with Gasteiger partial charge < -0.3 is 28.8 Å². The van der Waals surface area contributed by atoms with Gasteiger partial charge in [0.1, 0.15) is 13.2 Å². The number of carbonyl (C=O) groups excluding carboxylic acids is 1. The van der Waals surface area contributed by atoms with E-state index in [1.54, 1.807) is 6.08 Å². The smallest absolute Gasteiger partial charge is 0.268 e. The molecule has 3 unspecified atom stereocenters. The molecule has 8 nitrogen and oxygen atoms in total. The molecule has 0 spiro atoms. The summed E-state index contributed by atoms with van der Waals surface area (Å²) >= 11 is 0. The lowest BCUT2D eigenvalue weighted by Gasteiger charge is -2.29. The molecule has 0 heterocycles. The average molecular weight is 1110 g/mol. The number of phosphoric ester groups is 1. The summed E-state index contributed by atoms with van der Waals surface area (Å²) < 4.78 is 23.4. The molecule has 0 aliphatic rings. The van der Waals surface area contributed by atoms with Crippen LogP contribution in [0.15, 0.2) is 24.3 Å². The number of nitrogens with one attached hydrogen (secondary N) is 1. The van der Waals surface area contributed by atoms with Crippen molar-refractivity contribution in [1.29, 1.82) is 0 Å². The van der Waals surface area contributed by atoms with Crippen LogP contribution in [0.1, 0.15) is 354 Å². The van der Waals surface area contributed by atoms with Crippen LogP contribution in [0.5, 0.6) is 0 Å². The van der Waals surface area contributed by atoms with Gasteiger partial charge in [-0.2, -0.15) is 0 Å². The van der Waals surface area contributed by atoms with Crippen molar-refractivity contribution in [2.24, 2.45) is 0 Å². The number of allylic oxidation sites excluding steroid dienone is 3. The number of likely N-dealkylation sites (N-methyl/N-ethyl adjacent to an activating group) is 1. The fraction of sp³-hybridized carbons (Fsp3) is 0.926. The molecule has 1 amide bonds. The van der Waals surface area contributed by atoms with Crippen LogP contribution >= 0.6 is 7.82 Å². The number of quaternary nitrogens is 1. The second kappa shape index (κ2) is 59.6. The molecule has 0 fully saturated rings. The summed E-state index contributed by atoms with van der Waals surface area (Å²) in [4.78, 5) is 25.6. The molecule has 0 rings (SSSR count). The van der Waals surface area contributed by atoms with E-state index in [0.29, 0.717) is 17.4 Å². The van der Waals surface area contributed by atoms with Gasteiger partial charge in [-0.15, -0.1) is 0 Å². The predicted molar refractivity (Wildman–Crippen MR) is 335 cm³/mol. The summed E-state index contributed by atoms with van der Waals surface area (Å²) in [6, 6.07) is -0.901. The first-order valence-electron chi connectivity index (χ1n) is 34.2. The molecule has 0 aliphatic heterocycles. The van der Waals surface area contributed by atoms with Crippen LogP contribution in [-0.2, 0) is 18.4 Å². The molecule has 0 aromatic rings. The van der Waals surface area contributed by atoms with Crippen LogP contribution in [0.3, 0.4) is 0 Å². The first-order valence-corrected chi connectivity index (χ1v) is 35.7. The normalized spacial score (nSPS) is 13.8. The van der Waals surface area contributed by atoms with Crippen molar-refractivity contribution < 1.29 is 32.9 Å². The van der Waals surface area contributed by atoms with Crippen LogP contribution in [0.2, 0.25) is 0 Å². The molecule has 458 valence electrons. The maximum Gasteiger partial charge on any atom is 0.268 e. The maximum absolute atomic E-state index is 13.0. The highest BCUT2D eigenvalue weighted by Gasteiger charge is 2.23. The molecule has 9 heteroatoms. The summed E-state index contributed by atoms with van der Waals surface area (Å²) in [7, 11) is 1.26. The van der Waals surface area contributed by atoms with Crippen LogP contribution in [-0.4, -0.2) is 68.5 Å². The summed E-state index contributed by atoms with van der Waals surface area (Å²) in [5, 5.41) is 13.9. The van der Waals surface area contributed by atoms with Gasteiger partial charge in [-0.05, 0) is 32.1 Å². The van der Waals surface area contributed by atoms with Gasteiger partial charge in [0.15, 0.2) is 0 Å². The Bertz CT molecular complexity index is 1300. The minimum atomic E-state index is -4.61. The summed E-state index contributed by atoms with van der Waals surface area (Å²) in [5.41, 5.74) is 0. The zero-order valence-corrected chi connectivity index (χ0v) is 53.3. The van der Waals surface area contributed by atoms with Crippen LogP contribution in [0.25, 0.3) is 0 Å². The molecule has 0 saturated heterocycles. The number of hydrogen-bond acceptors (Lipinski definition) is 6. The van der Waals surface area contributed by atoms with Crippen molar-refractivity contribution in [3.05, 3.63) is 24.3 Å². The van der Waals surface area contributed by atoms with Gasteiger partial charge in [-0.1, -0.05) is 340 Å². The Morgan fingerprint density at radius 1 is 0.442 bits per heavy atom. The molecule has 0 aromatic carbocycles. The van der Waals surface area contributed by atoms with Gasteiger partial charge in [0.05, 0.1) is 39.9 Å². The van der Waals surface area contributed by atoms with Crippen LogP contribution < -0.4 is 10.2 Å². The molecule has 77 heavy (non-hydrogen) atoms. The van der Waals surface area contributed by atoms with E-state index in [0.717, 1.165) is 38.5 Å². The molecule has 0 saturated carbocycles. The molecule has 0 bridgehead atoms. The van der Waals surface area contributed by atoms with E-state index in [4.69, 9.17) is 9.05 Å². The highest BCUT2D eigenvalue weighted by molar-refractivity contribution is 7.45. The predicted octanol–water partition coefficient (Wildman–Crippen LogP) is 20.9. The van der Waals surface area contributed by atoms with Crippen molar-refractivity contribution in [3.8, 4) is 0 Å². The maximum atomic E-state index is 13.0. The average Bonchev–Trinajstić information content (AvgIpc) is 3.39. The number of aliphatic hydroxyl groups is 1. The van der Waals surface area contributed by atoms with Gasteiger partial charge in [-0.3, -0.25) is 9.36 Å². The Morgan fingerprint density at radius 2 is 0.727 bits per heavy atom. The zero-order chi connectivity index (χ0) is 56.3. The zero-order valence-electron chi connectivity index (χ0n) is 52.4. The largest absolute Gasteiger partial charge is 0.756 e. The standard InChI is InChI=1S/C68H135N2O6P/c1-6-8-10-12-14-16-18-20-22-24-26-28-30-32-34-35-36-38-40-42-44-46-48-50-52-54-56-58-60-62-68(72)69-66(65-76-77(73,74)75-64-63-70(3,4)5)67(71)61-59-57-55-53-51-49-47-45-43-41-39-37-33-31-29-27-25-23-21-19-17-15-13-11-9-7-2/h51,53,59,61,66-67,71H,6-50,52,54-58,60,62-65H2,1-5H3,(H-,69,72,73,74)/b53-51+,61-59+. The van der Waals surface area contributed by atoms with E-state index in [-0.39, 0.29) is 19.1 Å². The monoisotopic (exact) mass is 1110 g/mol. The Kier molecular flexibility index (Phi) is 58.8. The van der Waals surface area contributed by atoms with E-state index in [1.165, 1.54) is 295 Å². The fourth-order valence-electron chi connectivity index (χ4n) is 10.6. The van der Waals surface area contributed by atoms with Crippen molar-refractivity contribution in [2.45, 2.75) is 366 Å². The van der Waals surface area contributed by atoms with Crippen LogP contribution in [0, 0.1) is 0 Å². The van der Waals surface area contributed by atoms with Crippen LogP contribution in [0.4, 0.5) is 0 Å². The topological polar surface area (TPSA) is 108 Å². The van der Waals surface area contributed by atoms with Gasteiger partial charge in [0.2, 0.25) is 5.91 Å². The summed E-state index contributed by atoms with van der Waals surface area (Å²) in [6.07, 6.45) is 77.3. The van der Waals surface area contributed by atoms with Gasteiger partial charge >= 0.3 is 0 Å². The highest BCUT2D eigenvalue weighted by Crippen LogP contribution is 2.38. The van der Waals surface area contributed by atoms with E-state index in [9.17, 15) is 19.4 Å². The Hall–Kier alpha value is -1.02. The van der Waals surface area contributed by atoms with E-state index < -0.39 is 20.0 Å². The van der Waals surface area contributed by atoms with Crippen molar-refractivity contribution in [3.63, 3.8) is 0 Å². The number of unbranched alkanes of at least 4 members (excludes halogenated alkanes) is 49. The number of hydrogen-bond donors (Lipinski definition) is 2. The minimum Gasteiger partial charge on any atom is -0.756 e. The molecule has 0 aromatic heterocycles. The third-order valence-corrected chi connectivity index (χ3v) is 16.9. The Labute approximate surface area is 481 Å². The number of aliphatic hydroxyl groups excluding tert-OH is 1. The van der Waals surface area contributed by atoms with Crippen molar-refractivity contribution in [1.82, 2.24) is 5.32 Å². The minimum absolute atomic E-state index is 0.00344. The quantitative estimate of drug-likeness (QED) is 0.0272. The number of nitrogens with zero attached hydrogens (tertiary/aromatic N) is 1. The number of rotatable bonds is 64. The summed E-state index contributed by atoms with van der Waals surface area (Å²) in [5.74, 6) is -0.198. The molecule has 0 aliphatic carbocycles. The van der Waals surface area contributed by atoms with E-state index in [1.807, 2.05) is 27.2 Å². The van der Waals surface area contributed by atoms with E-state index in [2.05, 4.69) is 31.3 Å². The number of amides is 1. The number of carbonyl (C=O) groups is 1. The fourth-order valence-corrected chi connectivity index (χ4v) is 11.3. The second-order valence-corrected chi connectivity index (χ2v) is 26.3. The first-order chi connectivity index (χ1) is 37.5. The molecule has 3 atom stereocenters. The van der Waals surface area contributed by atoms with Gasteiger partial charge in [0, 0.05) is 6.42 Å². The lowest BCUT2D eigenvalue weighted by Crippen LogP contribution is -2.45. The first kappa shape index (κ1) is 76.0. The molecule has 2 N–H and O–H groups in total. The third kappa shape index (κ3) is 62.4. The Morgan fingerprint density at radius 3 is 1.05 bits per heavy atom. The number of phosphoric acid groups is 1. The van der Waals surface area contributed by atoms with E-state index >= 15 is 0 Å². The SMILES string of the molecule is CCCCCCCCCCCCCCCCCCCCCC/C=C/CC/C=C/C(O)C(COP(=O)([O-])OCC[N+](C)(C)C)NC(=O)CCCCCCCCCCCCCCCCCCCCCCCCCCCCCCC. The molecular formula is C68H135N2O6P. The summed E-state index contributed by atoms with van der Waals surface area (Å²) in [6.45, 7) is 4.69. The van der Waals surface area contributed by atoms with Crippen molar-refractivity contribution >= 4 is 13.7 Å². The third-order valence-electron chi connectivity index (χ3n) is 15.9. The lowest BCUT2D eigenvalue weighted by molar-refractivity contribution is -0.870. The Balaban J connectivity index is 4.08. The molecular weight excluding hydrogens is 972 g/mol. The molecule has 0 radical (unpaired) electrons. The van der Waals surface area contributed by atoms with Crippen molar-refractivity contribution in [2.75, 3.05) is 40.9 Å². The van der Waals surface area contributed by atoms with Gasteiger partial charge in [-0.25, -0.2) is 0 Å².